The molecule has 1 N–H and O–H groups in total. The van der Waals surface area contributed by atoms with E-state index in [4.69, 9.17) is 9.47 Å². The predicted molar refractivity (Wildman–Crippen MR) is 104 cm³/mol. The van der Waals surface area contributed by atoms with E-state index in [1.54, 1.807) is 6.92 Å². The van der Waals surface area contributed by atoms with E-state index < -0.39 is 29.9 Å². The second kappa shape index (κ2) is 9.56. The van der Waals surface area contributed by atoms with Crippen LogP contribution in [0.3, 0.4) is 0 Å². The molecule has 3 atom stereocenters. The molecule has 1 fully saturated rings. The van der Waals surface area contributed by atoms with Gasteiger partial charge in [0.1, 0.15) is 18.7 Å². The average Bonchev–Trinajstić information content (AvgIpc) is 3.12. The standard InChI is InChI=1S/C21H29N3O4/c1-15(28-21(2,3)4)18(19(25)24-12-8-11-17(24)13-22)23-20(26)27-14-16-9-6-5-7-10-16/h5-7,9-10,15,17-18H,8,11-12,14H2,1-4H3,(H,23,26)/t15?,17-,18-/m0/s1. The number of ether oxygens (including phenoxy) is 2. The number of carbonyl (C=O) groups is 2. The number of nitrogens with zero attached hydrogens (tertiary/aromatic N) is 2. The summed E-state index contributed by atoms with van der Waals surface area (Å²) in [5.74, 6) is -0.322. The first-order chi connectivity index (χ1) is 13.2. The molecule has 0 aliphatic carbocycles. The lowest BCUT2D eigenvalue weighted by Gasteiger charge is -2.33. The van der Waals surface area contributed by atoms with Crippen LogP contribution in [0.4, 0.5) is 4.79 Å². The van der Waals surface area contributed by atoms with Gasteiger partial charge in [0.2, 0.25) is 5.91 Å². The van der Waals surface area contributed by atoms with Crippen molar-refractivity contribution in [2.24, 2.45) is 0 Å². The largest absolute Gasteiger partial charge is 0.445 e. The van der Waals surface area contributed by atoms with Gasteiger partial charge in [0.15, 0.2) is 0 Å². The maximum atomic E-state index is 13.1. The maximum absolute atomic E-state index is 13.1. The average molecular weight is 387 g/mol. The van der Waals surface area contributed by atoms with Gasteiger partial charge >= 0.3 is 6.09 Å². The van der Waals surface area contributed by atoms with E-state index in [1.165, 1.54) is 4.90 Å². The van der Waals surface area contributed by atoms with Crippen LogP contribution < -0.4 is 5.32 Å². The Hall–Kier alpha value is -2.59. The van der Waals surface area contributed by atoms with Crippen molar-refractivity contribution >= 4 is 12.0 Å². The minimum absolute atomic E-state index is 0.104. The van der Waals surface area contributed by atoms with E-state index in [0.29, 0.717) is 13.0 Å². The second-order valence-corrected chi connectivity index (χ2v) is 7.94. The van der Waals surface area contributed by atoms with Crippen molar-refractivity contribution in [3.63, 3.8) is 0 Å². The number of alkyl carbamates (subject to hydrolysis) is 1. The van der Waals surface area contributed by atoms with Gasteiger partial charge in [0.05, 0.1) is 17.8 Å². The fourth-order valence-electron chi connectivity index (χ4n) is 3.24. The van der Waals surface area contributed by atoms with Crippen molar-refractivity contribution in [1.82, 2.24) is 10.2 Å². The number of rotatable bonds is 6. The summed E-state index contributed by atoms with van der Waals surface area (Å²) in [4.78, 5) is 26.9. The quantitative estimate of drug-likeness (QED) is 0.810. The summed E-state index contributed by atoms with van der Waals surface area (Å²) in [5.41, 5.74) is 0.358. The lowest BCUT2D eigenvalue weighted by atomic mass is 10.1. The van der Waals surface area contributed by atoms with E-state index in [2.05, 4.69) is 11.4 Å². The molecule has 2 rings (SSSR count). The molecule has 152 valence electrons. The third-order valence-electron chi connectivity index (χ3n) is 4.45. The van der Waals surface area contributed by atoms with Crippen LogP contribution in [0.5, 0.6) is 0 Å². The molecule has 0 saturated carbocycles. The van der Waals surface area contributed by atoms with Crippen LogP contribution in [0.25, 0.3) is 0 Å². The second-order valence-electron chi connectivity index (χ2n) is 7.94. The highest BCUT2D eigenvalue weighted by atomic mass is 16.5. The Kier molecular flexibility index (Phi) is 7.41. The minimum atomic E-state index is -0.934. The molecule has 7 nitrogen and oxygen atoms in total. The lowest BCUT2D eigenvalue weighted by molar-refractivity contribution is -0.141. The van der Waals surface area contributed by atoms with E-state index in [1.807, 2.05) is 51.1 Å². The molecular formula is C21H29N3O4. The number of hydrogen-bond donors (Lipinski definition) is 1. The van der Waals surface area contributed by atoms with Crippen LogP contribution >= 0.6 is 0 Å². The highest BCUT2D eigenvalue weighted by Crippen LogP contribution is 2.21. The van der Waals surface area contributed by atoms with Crippen LogP contribution in [-0.4, -0.2) is 47.2 Å². The normalized spacial score (nSPS) is 18.8. The van der Waals surface area contributed by atoms with Gasteiger partial charge in [-0.2, -0.15) is 5.26 Å². The van der Waals surface area contributed by atoms with Crippen molar-refractivity contribution < 1.29 is 19.1 Å². The Labute approximate surface area is 166 Å². The van der Waals surface area contributed by atoms with Gasteiger partial charge in [-0.05, 0) is 46.1 Å². The molecule has 0 aromatic heterocycles. The Bertz CT molecular complexity index is 709. The van der Waals surface area contributed by atoms with E-state index in [9.17, 15) is 14.9 Å². The van der Waals surface area contributed by atoms with Gasteiger partial charge in [0.25, 0.3) is 0 Å². The maximum Gasteiger partial charge on any atom is 0.408 e. The molecule has 1 heterocycles. The summed E-state index contributed by atoms with van der Waals surface area (Å²) in [6, 6.07) is 10.0. The summed E-state index contributed by atoms with van der Waals surface area (Å²) in [6.45, 7) is 7.98. The van der Waals surface area contributed by atoms with Gasteiger partial charge in [-0.1, -0.05) is 30.3 Å². The monoisotopic (exact) mass is 387 g/mol. The number of hydrogen-bond acceptors (Lipinski definition) is 5. The first-order valence-electron chi connectivity index (χ1n) is 9.56. The molecule has 0 radical (unpaired) electrons. The first kappa shape index (κ1) is 21.7. The lowest BCUT2D eigenvalue weighted by Crippen LogP contribution is -2.56. The molecule has 1 aliphatic heterocycles. The van der Waals surface area contributed by atoms with Crippen molar-refractivity contribution in [2.45, 2.75) is 70.9 Å². The zero-order valence-corrected chi connectivity index (χ0v) is 17.0. The van der Waals surface area contributed by atoms with Crippen molar-refractivity contribution in [1.29, 1.82) is 5.26 Å². The molecule has 0 spiro atoms. The van der Waals surface area contributed by atoms with E-state index in [-0.39, 0.29) is 12.5 Å². The summed E-state index contributed by atoms with van der Waals surface area (Å²) in [5, 5.41) is 11.9. The Balaban J connectivity index is 2.07. The van der Waals surface area contributed by atoms with Crippen LogP contribution in [0.1, 0.15) is 46.1 Å². The van der Waals surface area contributed by atoms with Crippen LogP contribution in [-0.2, 0) is 20.9 Å². The number of carbonyl (C=O) groups excluding carboxylic acids is 2. The third-order valence-corrected chi connectivity index (χ3v) is 4.45. The number of likely N-dealkylation sites (tertiary alicyclic amines) is 1. The van der Waals surface area contributed by atoms with Gasteiger partial charge in [-0.3, -0.25) is 4.79 Å². The Morgan fingerprint density at radius 3 is 2.61 bits per heavy atom. The Morgan fingerprint density at radius 1 is 1.32 bits per heavy atom. The molecule has 1 unspecified atom stereocenters. The zero-order valence-electron chi connectivity index (χ0n) is 17.0. The smallest absolute Gasteiger partial charge is 0.408 e. The highest BCUT2D eigenvalue weighted by molar-refractivity contribution is 5.87. The number of nitrogens with one attached hydrogen (secondary N) is 1. The zero-order chi connectivity index (χ0) is 20.7. The SMILES string of the molecule is CC(OC(C)(C)C)[C@H](NC(=O)OCc1ccccc1)C(=O)N1CCC[C@H]1C#N. The molecule has 28 heavy (non-hydrogen) atoms. The topological polar surface area (TPSA) is 91.7 Å². The summed E-state index contributed by atoms with van der Waals surface area (Å²) < 4.78 is 11.2. The number of nitriles is 1. The third kappa shape index (κ3) is 6.24. The molecule has 1 aliphatic rings. The van der Waals surface area contributed by atoms with Crippen molar-refractivity contribution in [3.05, 3.63) is 35.9 Å². The molecule has 7 heteroatoms. The summed E-state index contributed by atoms with van der Waals surface area (Å²) in [7, 11) is 0. The van der Waals surface area contributed by atoms with E-state index >= 15 is 0 Å². The summed E-state index contributed by atoms with van der Waals surface area (Å²) in [6.07, 6.45) is 0.127. The molecule has 2 amide bonds. The predicted octanol–water partition coefficient (Wildman–Crippen LogP) is 3.00. The first-order valence-corrected chi connectivity index (χ1v) is 9.56. The van der Waals surface area contributed by atoms with Crippen LogP contribution in [0.2, 0.25) is 0 Å². The molecule has 1 aromatic carbocycles. The minimum Gasteiger partial charge on any atom is -0.445 e. The molecule has 1 saturated heterocycles. The summed E-state index contributed by atoms with van der Waals surface area (Å²) >= 11 is 0. The van der Waals surface area contributed by atoms with Crippen LogP contribution in [0.15, 0.2) is 30.3 Å². The highest BCUT2D eigenvalue weighted by Gasteiger charge is 2.38. The van der Waals surface area contributed by atoms with Gasteiger partial charge in [0, 0.05) is 6.54 Å². The Morgan fingerprint density at radius 2 is 2.00 bits per heavy atom. The van der Waals surface area contributed by atoms with Gasteiger partial charge in [-0.25, -0.2) is 4.79 Å². The van der Waals surface area contributed by atoms with Crippen LogP contribution in [0, 0.1) is 11.3 Å². The van der Waals surface area contributed by atoms with Crippen molar-refractivity contribution in [2.75, 3.05) is 6.54 Å². The van der Waals surface area contributed by atoms with Gasteiger partial charge < -0.3 is 19.7 Å². The number of amides is 2. The van der Waals surface area contributed by atoms with E-state index in [0.717, 1.165) is 12.0 Å². The number of benzene rings is 1. The molecule has 1 aromatic rings. The van der Waals surface area contributed by atoms with Crippen molar-refractivity contribution in [3.8, 4) is 6.07 Å². The van der Waals surface area contributed by atoms with Gasteiger partial charge in [-0.15, -0.1) is 0 Å². The molecule has 0 bridgehead atoms. The molecular weight excluding hydrogens is 358 g/mol. The fourth-order valence-corrected chi connectivity index (χ4v) is 3.24. The fraction of sp³-hybridized carbons (Fsp3) is 0.571.